The molecule has 3 rings (SSSR count). The van der Waals surface area contributed by atoms with Gasteiger partial charge in [0.1, 0.15) is 5.75 Å². The van der Waals surface area contributed by atoms with Crippen LogP contribution in [0.5, 0.6) is 17.2 Å². The molecule has 0 aliphatic carbocycles. The first-order chi connectivity index (χ1) is 11.7. The Morgan fingerprint density at radius 1 is 1.08 bits per heavy atom. The van der Waals surface area contributed by atoms with Gasteiger partial charge in [-0.05, 0) is 42.0 Å². The fraction of sp³-hybridized carbons (Fsp3) is 0.167. The first-order valence-corrected chi connectivity index (χ1v) is 8.27. The van der Waals surface area contributed by atoms with Gasteiger partial charge in [0.05, 0.1) is 19.9 Å². The molecule has 0 saturated heterocycles. The predicted octanol–water partition coefficient (Wildman–Crippen LogP) is 4.15. The van der Waals surface area contributed by atoms with Crippen LogP contribution in [0.2, 0.25) is 0 Å². The van der Waals surface area contributed by atoms with Gasteiger partial charge in [0.25, 0.3) is 0 Å². The lowest BCUT2D eigenvalue weighted by Crippen LogP contribution is -1.99. The normalized spacial score (nSPS) is 10.4. The standard InChI is InChI=1S/C18H18N2O3S/c1-22-14-6-4-13(5-7-14)15-11-24-18(20-15)19-10-12-3-8-16(21)17(9-12)23-2/h3-9,11,21H,10H2,1-2H3,(H,19,20). The van der Waals surface area contributed by atoms with Crippen molar-refractivity contribution in [3.63, 3.8) is 0 Å². The number of benzene rings is 2. The van der Waals surface area contributed by atoms with E-state index in [4.69, 9.17) is 9.47 Å². The monoisotopic (exact) mass is 342 g/mol. The second-order valence-electron chi connectivity index (χ2n) is 5.13. The number of hydrogen-bond donors (Lipinski definition) is 2. The van der Waals surface area contributed by atoms with Crippen molar-refractivity contribution in [2.24, 2.45) is 0 Å². The van der Waals surface area contributed by atoms with Crippen LogP contribution < -0.4 is 14.8 Å². The Hall–Kier alpha value is -2.73. The van der Waals surface area contributed by atoms with Crippen LogP contribution in [0.15, 0.2) is 47.8 Å². The number of anilines is 1. The van der Waals surface area contributed by atoms with Gasteiger partial charge in [0, 0.05) is 17.5 Å². The van der Waals surface area contributed by atoms with E-state index in [1.54, 1.807) is 30.6 Å². The van der Waals surface area contributed by atoms with E-state index in [-0.39, 0.29) is 5.75 Å². The lowest BCUT2D eigenvalue weighted by molar-refractivity contribution is 0.373. The average Bonchev–Trinajstić information content (AvgIpc) is 3.10. The number of rotatable bonds is 6. The number of hydrogen-bond acceptors (Lipinski definition) is 6. The van der Waals surface area contributed by atoms with Crippen LogP contribution in [0.1, 0.15) is 5.56 Å². The minimum atomic E-state index is 0.136. The van der Waals surface area contributed by atoms with Crippen molar-refractivity contribution in [1.82, 2.24) is 4.98 Å². The molecule has 0 unspecified atom stereocenters. The van der Waals surface area contributed by atoms with E-state index in [2.05, 4.69) is 10.3 Å². The number of nitrogens with one attached hydrogen (secondary N) is 1. The average molecular weight is 342 g/mol. The van der Waals surface area contributed by atoms with Crippen molar-refractivity contribution in [3.05, 3.63) is 53.4 Å². The number of nitrogens with zero attached hydrogens (tertiary/aromatic N) is 1. The van der Waals surface area contributed by atoms with Crippen molar-refractivity contribution in [3.8, 4) is 28.5 Å². The number of phenolic OH excluding ortho intramolecular Hbond substituents is 1. The lowest BCUT2D eigenvalue weighted by Gasteiger charge is -2.07. The molecule has 0 aliphatic rings. The fourth-order valence-corrected chi connectivity index (χ4v) is 2.98. The molecule has 2 N–H and O–H groups in total. The third-order valence-electron chi connectivity index (χ3n) is 3.58. The zero-order valence-electron chi connectivity index (χ0n) is 13.4. The van der Waals surface area contributed by atoms with Gasteiger partial charge in [-0.2, -0.15) is 0 Å². The van der Waals surface area contributed by atoms with Crippen LogP contribution in [0.4, 0.5) is 5.13 Å². The Balaban J connectivity index is 1.67. The van der Waals surface area contributed by atoms with E-state index in [0.29, 0.717) is 12.3 Å². The van der Waals surface area contributed by atoms with Crippen molar-refractivity contribution in [2.45, 2.75) is 6.54 Å². The molecule has 5 nitrogen and oxygen atoms in total. The van der Waals surface area contributed by atoms with Crippen LogP contribution in [0.3, 0.4) is 0 Å². The largest absolute Gasteiger partial charge is 0.504 e. The molecule has 0 amide bonds. The highest BCUT2D eigenvalue weighted by atomic mass is 32.1. The first-order valence-electron chi connectivity index (χ1n) is 7.39. The highest BCUT2D eigenvalue weighted by Crippen LogP contribution is 2.28. The molecule has 0 saturated carbocycles. The van der Waals surface area contributed by atoms with Crippen molar-refractivity contribution in [1.29, 1.82) is 0 Å². The summed E-state index contributed by atoms with van der Waals surface area (Å²) in [7, 11) is 3.19. The zero-order chi connectivity index (χ0) is 16.9. The van der Waals surface area contributed by atoms with Gasteiger partial charge in [-0.3, -0.25) is 0 Å². The van der Waals surface area contributed by atoms with E-state index >= 15 is 0 Å². The minimum Gasteiger partial charge on any atom is -0.504 e. The molecule has 2 aromatic carbocycles. The molecule has 124 valence electrons. The number of aromatic nitrogens is 1. The number of thiazole rings is 1. The predicted molar refractivity (Wildman–Crippen MR) is 96.1 cm³/mol. The molecule has 6 heteroatoms. The summed E-state index contributed by atoms with van der Waals surface area (Å²) in [6.07, 6.45) is 0. The first kappa shape index (κ1) is 16.1. The highest BCUT2D eigenvalue weighted by Gasteiger charge is 2.06. The van der Waals surface area contributed by atoms with Crippen LogP contribution in [-0.2, 0) is 6.54 Å². The smallest absolute Gasteiger partial charge is 0.183 e. The number of phenols is 1. The summed E-state index contributed by atoms with van der Waals surface area (Å²) in [4.78, 5) is 4.60. The van der Waals surface area contributed by atoms with E-state index < -0.39 is 0 Å². The maximum absolute atomic E-state index is 9.62. The Morgan fingerprint density at radius 2 is 1.88 bits per heavy atom. The molecular formula is C18H18N2O3S. The molecule has 0 spiro atoms. The molecule has 1 aromatic heterocycles. The zero-order valence-corrected chi connectivity index (χ0v) is 14.3. The van der Waals surface area contributed by atoms with Crippen LogP contribution in [0, 0.1) is 0 Å². The van der Waals surface area contributed by atoms with Crippen molar-refractivity contribution >= 4 is 16.5 Å². The van der Waals surface area contributed by atoms with E-state index in [1.807, 2.05) is 35.7 Å². The minimum absolute atomic E-state index is 0.136. The summed E-state index contributed by atoms with van der Waals surface area (Å²) in [5.74, 6) is 1.43. The molecule has 0 fully saturated rings. The second-order valence-corrected chi connectivity index (χ2v) is 5.98. The molecule has 0 bridgehead atoms. The molecule has 0 aliphatic heterocycles. The molecule has 24 heavy (non-hydrogen) atoms. The summed E-state index contributed by atoms with van der Waals surface area (Å²) in [6, 6.07) is 13.1. The third-order valence-corrected chi connectivity index (χ3v) is 4.38. The van der Waals surface area contributed by atoms with Crippen molar-refractivity contribution in [2.75, 3.05) is 19.5 Å². The van der Waals surface area contributed by atoms with E-state index in [0.717, 1.165) is 27.7 Å². The van der Waals surface area contributed by atoms with Gasteiger partial charge in [0.2, 0.25) is 0 Å². The summed E-state index contributed by atoms with van der Waals surface area (Å²) >= 11 is 1.55. The molecule has 3 aromatic rings. The summed E-state index contributed by atoms with van der Waals surface area (Å²) in [5, 5.41) is 15.8. The fourth-order valence-electron chi connectivity index (χ4n) is 2.26. The van der Waals surface area contributed by atoms with Gasteiger partial charge >= 0.3 is 0 Å². The molecule has 0 atom stereocenters. The van der Waals surface area contributed by atoms with E-state index in [1.165, 1.54) is 7.11 Å². The summed E-state index contributed by atoms with van der Waals surface area (Å²) in [6.45, 7) is 0.603. The molecule has 0 radical (unpaired) electrons. The number of methoxy groups -OCH3 is 2. The van der Waals surface area contributed by atoms with Gasteiger partial charge < -0.3 is 19.9 Å². The Morgan fingerprint density at radius 3 is 2.58 bits per heavy atom. The topological polar surface area (TPSA) is 63.6 Å². The van der Waals surface area contributed by atoms with Crippen molar-refractivity contribution < 1.29 is 14.6 Å². The second kappa shape index (κ2) is 7.23. The summed E-state index contributed by atoms with van der Waals surface area (Å²) < 4.78 is 10.3. The lowest BCUT2D eigenvalue weighted by atomic mass is 10.2. The summed E-state index contributed by atoms with van der Waals surface area (Å²) in [5.41, 5.74) is 2.98. The maximum Gasteiger partial charge on any atom is 0.183 e. The molecule has 1 heterocycles. The van der Waals surface area contributed by atoms with Gasteiger partial charge in [-0.15, -0.1) is 11.3 Å². The van der Waals surface area contributed by atoms with Gasteiger partial charge in [-0.1, -0.05) is 6.07 Å². The number of aromatic hydroxyl groups is 1. The SMILES string of the molecule is COc1ccc(-c2csc(NCc3ccc(O)c(OC)c3)n2)cc1. The quantitative estimate of drug-likeness (QED) is 0.705. The maximum atomic E-state index is 9.62. The van der Waals surface area contributed by atoms with Gasteiger partial charge in [-0.25, -0.2) is 4.98 Å². The Labute approximate surface area is 144 Å². The Kier molecular flexibility index (Phi) is 4.86. The Bertz CT molecular complexity index is 815. The van der Waals surface area contributed by atoms with Crippen LogP contribution in [-0.4, -0.2) is 24.3 Å². The number of ether oxygens (including phenoxy) is 2. The van der Waals surface area contributed by atoms with Gasteiger partial charge in [0.15, 0.2) is 16.6 Å². The van der Waals surface area contributed by atoms with Crippen LogP contribution in [0.25, 0.3) is 11.3 Å². The van der Waals surface area contributed by atoms with E-state index in [9.17, 15) is 5.11 Å². The highest BCUT2D eigenvalue weighted by molar-refractivity contribution is 7.14. The third kappa shape index (κ3) is 3.60. The van der Waals surface area contributed by atoms with Crippen LogP contribution >= 0.6 is 11.3 Å². The molecular weight excluding hydrogens is 324 g/mol.